The Kier molecular flexibility index (Phi) is 49.1. The minimum absolute atomic E-state index is 0.0621. The molecule has 0 spiro atoms. The molecule has 0 aromatic carbocycles. The zero-order chi connectivity index (χ0) is 45.2. The average Bonchev–Trinajstić information content (AvgIpc) is 3.26. The molecule has 368 valence electrons. The number of hydrogen-bond donors (Lipinski definition) is 0. The van der Waals surface area contributed by atoms with Gasteiger partial charge in [0, 0.05) is 19.3 Å². The summed E-state index contributed by atoms with van der Waals surface area (Å²) in [5.41, 5.74) is 0. The number of esters is 3. The number of carbonyl (C=O) groups is 3. The molecule has 0 aliphatic carbocycles. The van der Waals surface area contributed by atoms with Crippen molar-refractivity contribution in [1.29, 1.82) is 0 Å². The minimum Gasteiger partial charge on any atom is -0.462 e. The van der Waals surface area contributed by atoms with Gasteiger partial charge in [-0.25, -0.2) is 0 Å². The van der Waals surface area contributed by atoms with Crippen molar-refractivity contribution in [1.82, 2.24) is 0 Å². The molecular weight excluding hydrogens is 769 g/mol. The molecule has 0 aromatic heterocycles. The van der Waals surface area contributed by atoms with Crippen LogP contribution in [0.4, 0.5) is 0 Å². The van der Waals surface area contributed by atoms with Crippen LogP contribution in [0.3, 0.4) is 0 Å². The second-order valence-corrected chi connectivity index (χ2v) is 19.7. The van der Waals surface area contributed by atoms with Gasteiger partial charge in [0.1, 0.15) is 13.2 Å². The first-order valence-electron chi connectivity index (χ1n) is 27.9. The monoisotopic (exact) mass is 877 g/mol. The van der Waals surface area contributed by atoms with Gasteiger partial charge in [-0.15, -0.1) is 0 Å². The lowest BCUT2D eigenvalue weighted by molar-refractivity contribution is -0.167. The Morgan fingerprint density at radius 3 is 0.790 bits per heavy atom. The molecule has 0 saturated heterocycles. The Morgan fingerprint density at radius 1 is 0.306 bits per heavy atom. The molecule has 1 atom stereocenters. The Morgan fingerprint density at radius 2 is 0.532 bits per heavy atom. The molecule has 0 N–H and O–H groups in total. The van der Waals surface area contributed by atoms with Crippen molar-refractivity contribution < 1.29 is 28.6 Å². The lowest BCUT2D eigenvalue weighted by Crippen LogP contribution is -2.30. The molecule has 6 nitrogen and oxygen atoms in total. The highest BCUT2D eigenvalue weighted by Gasteiger charge is 2.19. The van der Waals surface area contributed by atoms with Crippen LogP contribution in [0, 0.1) is 5.92 Å². The largest absolute Gasteiger partial charge is 0.462 e. The summed E-state index contributed by atoms with van der Waals surface area (Å²) in [4.78, 5) is 38.0. The van der Waals surface area contributed by atoms with Gasteiger partial charge < -0.3 is 14.2 Å². The van der Waals surface area contributed by atoms with E-state index in [0.717, 1.165) is 63.7 Å². The lowest BCUT2D eigenvalue weighted by Gasteiger charge is -2.18. The summed E-state index contributed by atoms with van der Waals surface area (Å²) >= 11 is 0. The van der Waals surface area contributed by atoms with Gasteiger partial charge in [0.2, 0.25) is 0 Å². The molecule has 0 radical (unpaired) electrons. The summed E-state index contributed by atoms with van der Waals surface area (Å²) in [5, 5.41) is 0. The molecule has 0 saturated carbocycles. The predicted molar refractivity (Wildman–Crippen MR) is 266 cm³/mol. The van der Waals surface area contributed by atoms with Gasteiger partial charge >= 0.3 is 17.9 Å². The highest BCUT2D eigenvalue weighted by Crippen LogP contribution is 2.18. The molecule has 0 rings (SSSR count). The van der Waals surface area contributed by atoms with Crippen molar-refractivity contribution >= 4 is 17.9 Å². The van der Waals surface area contributed by atoms with E-state index < -0.39 is 6.10 Å². The third-order valence-corrected chi connectivity index (χ3v) is 12.8. The highest BCUT2D eigenvalue weighted by atomic mass is 16.6. The van der Waals surface area contributed by atoms with Crippen LogP contribution in [-0.2, 0) is 28.6 Å². The molecule has 6 heteroatoms. The molecule has 0 aliphatic heterocycles. The van der Waals surface area contributed by atoms with Gasteiger partial charge in [-0.05, 0) is 25.2 Å². The zero-order valence-electron chi connectivity index (χ0n) is 42.3. The molecule has 62 heavy (non-hydrogen) atoms. The van der Waals surface area contributed by atoms with E-state index in [-0.39, 0.29) is 31.1 Å². The van der Waals surface area contributed by atoms with Crippen LogP contribution >= 0.6 is 0 Å². The number of rotatable bonds is 51. The van der Waals surface area contributed by atoms with Gasteiger partial charge in [-0.1, -0.05) is 278 Å². The van der Waals surface area contributed by atoms with Gasteiger partial charge in [0.25, 0.3) is 0 Å². The van der Waals surface area contributed by atoms with Crippen LogP contribution in [-0.4, -0.2) is 37.2 Å². The highest BCUT2D eigenvalue weighted by molar-refractivity contribution is 5.71. The first-order chi connectivity index (χ1) is 30.4. The maximum absolute atomic E-state index is 12.8. The standard InChI is InChI=1S/C56H108O6/c1-5-7-9-11-13-15-17-18-20-25-29-33-37-41-45-49-56(59)62-53(50-60-54(57)47-43-39-35-31-26-16-14-12-10-8-6-2)51-61-55(58)48-44-40-36-32-28-24-22-19-21-23-27-30-34-38-42-46-52(3)4/h52-53H,5-51H2,1-4H3/t53-/m0/s1. The quantitative estimate of drug-likeness (QED) is 0.0344. The van der Waals surface area contributed by atoms with E-state index in [1.54, 1.807) is 0 Å². The molecular formula is C56H108O6. The van der Waals surface area contributed by atoms with Crippen LogP contribution in [0.1, 0.15) is 317 Å². The second-order valence-electron chi connectivity index (χ2n) is 19.7. The van der Waals surface area contributed by atoms with Gasteiger partial charge in [-0.2, -0.15) is 0 Å². The minimum atomic E-state index is -0.761. The summed E-state index contributed by atoms with van der Waals surface area (Å²) in [7, 11) is 0. The number of ether oxygens (including phenoxy) is 3. The first kappa shape index (κ1) is 60.4. The van der Waals surface area contributed by atoms with Crippen molar-refractivity contribution in [2.75, 3.05) is 13.2 Å². The molecule has 0 fully saturated rings. The van der Waals surface area contributed by atoms with Crippen LogP contribution in [0.15, 0.2) is 0 Å². The lowest BCUT2D eigenvalue weighted by atomic mass is 10.0. The summed E-state index contributed by atoms with van der Waals surface area (Å²) in [6, 6.07) is 0. The maximum atomic E-state index is 12.8. The van der Waals surface area contributed by atoms with Crippen molar-refractivity contribution in [3.63, 3.8) is 0 Å². The SMILES string of the molecule is CCCCCCCCCCCCCCCCCC(=O)O[C@@H](COC(=O)CCCCCCCCCCCCC)COC(=O)CCCCCCCCCCCCCCCCCC(C)C. The Balaban J connectivity index is 4.26. The van der Waals surface area contributed by atoms with Gasteiger partial charge in [0.15, 0.2) is 6.10 Å². The van der Waals surface area contributed by atoms with Crippen LogP contribution < -0.4 is 0 Å². The molecule has 0 bridgehead atoms. The average molecular weight is 877 g/mol. The van der Waals surface area contributed by atoms with Crippen molar-refractivity contribution in [3.8, 4) is 0 Å². The maximum Gasteiger partial charge on any atom is 0.306 e. The van der Waals surface area contributed by atoms with Crippen molar-refractivity contribution in [2.24, 2.45) is 5.92 Å². The van der Waals surface area contributed by atoms with E-state index in [0.29, 0.717) is 19.3 Å². The summed E-state index contributed by atoms with van der Waals surface area (Å²) < 4.78 is 16.8. The van der Waals surface area contributed by atoms with Gasteiger partial charge in [0.05, 0.1) is 0 Å². The topological polar surface area (TPSA) is 78.9 Å². The Hall–Kier alpha value is -1.59. The van der Waals surface area contributed by atoms with E-state index in [4.69, 9.17) is 14.2 Å². The zero-order valence-corrected chi connectivity index (χ0v) is 42.3. The van der Waals surface area contributed by atoms with E-state index in [9.17, 15) is 14.4 Å². The normalized spacial score (nSPS) is 12.0. The predicted octanol–water partition coefficient (Wildman–Crippen LogP) is 18.2. The van der Waals surface area contributed by atoms with E-state index >= 15 is 0 Å². The number of unbranched alkanes of at least 4 members (excludes halogenated alkanes) is 38. The van der Waals surface area contributed by atoms with E-state index in [1.807, 2.05) is 0 Å². The van der Waals surface area contributed by atoms with Crippen LogP contribution in [0.25, 0.3) is 0 Å². The summed E-state index contributed by atoms with van der Waals surface area (Å²) in [6.45, 7) is 9.05. The number of hydrogen-bond acceptors (Lipinski definition) is 6. The van der Waals surface area contributed by atoms with Crippen LogP contribution in [0.5, 0.6) is 0 Å². The smallest absolute Gasteiger partial charge is 0.306 e. The third-order valence-electron chi connectivity index (χ3n) is 12.8. The summed E-state index contributed by atoms with van der Waals surface area (Å²) in [6.07, 6.45) is 53.7. The van der Waals surface area contributed by atoms with Crippen LogP contribution in [0.2, 0.25) is 0 Å². The van der Waals surface area contributed by atoms with Crippen molar-refractivity contribution in [3.05, 3.63) is 0 Å². The fraction of sp³-hybridized carbons (Fsp3) is 0.946. The molecule has 0 aromatic rings. The first-order valence-corrected chi connectivity index (χ1v) is 27.9. The van der Waals surface area contributed by atoms with E-state index in [2.05, 4.69) is 27.7 Å². The Bertz CT molecular complexity index is 933. The number of carbonyl (C=O) groups excluding carboxylic acids is 3. The van der Waals surface area contributed by atoms with E-state index in [1.165, 1.54) is 212 Å². The second kappa shape index (κ2) is 50.4. The summed E-state index contributed by atoms with van der Waals surface area (Å²) in [5.74, 6) is 0.0106. The molecule has 0 unspecified atom stereocenters. The molecule has 0 heterocycles. The fourth-order valence-electron chi connectivity index (χ4n) is 8.57. The fourth-order valence-corrected chi connectivity index (χ4v) is 8.57. The van der Waals surface area contributed by atoms with Gasteiger partial charge in [-0.3, -0.25) is 14.4 Å². The third kappa shape index (κ3) is 49.4. The molecule has 0 aliphatic rings. The Labute approximate surface area is 387 Å². The molecule has 0 amide bonds. The van der Waals surface area contributed by atoms with Crippen molar-refractivity contribution in [2.45, 2.75) is 323 Å².